The van der Waals surface area contributed by atoms with Gasteiger partial charge in [0, 0.05) is 11.6 Å². The summed E-state index contributed by atoms with van der Waals surface area (Å²) in [5, 5.41) is 2.27. The van der Waals surface area contributed by atoms with Gasteiger partial charge in [-0.1, -0.05) is 11.6 Å². The molecule has 1 heterocycles. The van der Waals surface area contributed by atoms with Crippen molar-refractivity contribution in [3.8, 4) is 5.75 Å². The first-order valence-corrected chi connectivity index (χ1v) is 8.53. The van der Waals surface area contributed by atoms with Gasteiger partial charge in [-0.2, -0.15) is 0 Å². The third-order valence-electron chi connectivity index (χ3n) is 2.47. The highest BCUT2D eigenvalue weighted by Crippen LogP contribution is 2.31. The molecule has 8 heteroatoms. The zero-order chi connectivity index (χ0) is 14.8. The van der Waals surface area contributed by atoms with Gasteiger partial charge < -0.3 is 4.74 Å². The summed E-state index contributed by atoms with van der Waals surface area (Å²) in [6.07, 6.45) is 1.53. The summed E-state index contributed by atoms with van der Waals surface area (Å²) in [7, 11) is -3.71. The molecule has 1 aromatic heterocycles. The second-order valence-electron chi connectivity index (χ2n) is 3.92. The number of hydrogen-bond acceptors (Lipinski definition) is 5. The number of sulfonamides is 1. The molecule has 2 rings (SSSR count). The van der Waals surface area contributed by atoms with E-state index in [1.807, 2.05) is 6.92 Å². The zero-order valence-corrected chi connectivity index (χ0v) is 13.3. The first-order chi connectivity index (χ1) is 9.44. The Morgan fingerprint density at radius 2 is 2.20 bits per heavy atom. The van der Waals surface area contributed by atoms with E-state index in [2.05, 4.69) is 9.71 Å². The number of ether oxygens (including phenoxy) is 1. The fourth-order valence-electron chi connectivity index (χ4n) is 1.64. The number of nitrogens with zero attached hydrogens (tertiary/aromatic N) is 1. The van der Waals surface area contributed by atoms with Crippen LogP contribution in [0.5, 0.6) is 5.75 Å². The van der Waals surface area contributed by atoms with Gasteiger partial charge in [-0.25, -0.2) is 13.4 Å². The average molecular weight is 333 g/mol. The van der Waals surface area contributed by atoms with Gasteiger partial charge >= 0.3 is 0 Å². The molecule has 0 aliphatic carbocycles. The Balaban J connectivity index is 2.39. The predicted molar refractivity (Wildman–Crippen MR) is 80.3 cm³/mol. The molecule has 2 aromatic rings. The molecule has 108 valence electrons. The van der Waals surface area contributed by atoms with E-state index in [9.17, 15) is 8.42 Å². The van der Waals surface area contributed by atoms with Gasteiger partial charge in [0.05, 0.1) is 16.5 Å². The van der Waals surface area contributed by atoms with E-state index in [-0.39, 0.29) is 9.92 Å². The molecule has 5 nitrogen and oxygen atoms in total. The number of aromatic nitrogens is 1. The molecule has 0 fully saturated rings. The Labute approximate surface area is 126 Å². The number of benzene rings is 1. The van der Waals surface area contributed by atoms with Crippen molar-refractivity contribution >= 4 is 38.1 Å². The summed E-state index contributed by atoms with van der Waals surface area (Å²) in [4.78, 5) is 4.01. The highest BCUT2D eigenvalue weighted by molar-refractivity contribution is 7.93. The molecular weight excluding hydrogens is 320 g/mol. The van der Waals surface area contributed by atoms with Gasteiger partial charge in [0.2, 0.25) is 0 Å². The zero-order valence-electron chi connectivity index (χ0n) is 10.9. The standard InChI is InChI=1S/C12H13ClN2O3S2/c1-3-18-10-6-8(2)11(7-9(10)13)20(16,17)15-12-14-4-5-19-12/h4-7H,3H2,1-2H3,(H,14,15). The van der Waals surface area contributed by atoms with Gasteiger partial charge in [0.25, 0.3) is 10.0 Å². The third kappa shape index (κ3) is 3.23. The minimum Gasteiger partial charge on any atom is -0.492 e. The van der Waals surface area contributed by atoms with Crippen molar-refractivity contribution in [1.82, 2.24) is 4.98 Å². The number of nitrogens with one attached hydrogen (secondary N) is 1. The maximum absolute atomic E-state index is 12.3. The molecule has 0 bridgehead atoms. The van der Waals surface area contributed by atoms with Crippen LogP contribution in [-0.2, 0) is 10.0 Å². The average Bonchev–Trinajstić information content (AvgIpc) is 2.85. The van der Waals surface area contributed by atoms with Crippen LogP contribution in [0, 0.1) is 6.92 Å². The highest BCUT2D eigenvalue weighted by atomic mass is 35.5. The van der Waals surface area contributed by atoms with Crippen LogP contribution in [0.25, 0.3) is 0 Å². The number of hydrogen-bond donors (Lipinski definition) is 1. The number of aryl methyl sites for hydroxylation is 1. The van der Waals surface area contributed by atoms with E-state index in [0.29, 0.717) is 23.1 Å². The summed E-state index contributed by atoms with van der Waals surface area (Å²) in [5.74, 6) is 0.472. The normalized spacial score (nSPS) is 11.3. The van der Waals surface area contributed by atoms with E-state index in [0.717, 1.165) is 0 Å². The number of halogens is 1. The summed E-state index contributed by atoms with van der Waals surface area (Å²) >= 11 is 7.24. The van der Waals surface area contributed by atoms with E-state index >= 15 is 0 Å². The summed E-state index contributed by atoms with van der Waals surface area (Å²) in [6.45, 7) is 3.98. The Hall–Kier alpha value is -1.31. The van der Waals surface area contributed by atoms with Gasteiger partial charge in [-0.15, -0.1) is 11.3 Å². The van der Waals surface area contributed by atoms with Crippen molar-refractivity contribution in [2.45, 2.75) is 18.7 Å². The summed E-state index contributed by atoms with van der Waals surface area (Å²) in [5.41, 5.74) is 0.557. The lowest BCUT2D eigenvalue weighted by atomic mass is 10.2. The second-order valence-corrected chi connectivity index (χ2v) is 6.88. The van der Waals surface area contributed by atoms with Crippen LogP contribution in [0.15, 0.2) is 28.6 Å². The maximum Gasteiger partial charge on any atom is 0.263 e. The summed E-state index contributed by atoms with van der Waals surface area (Å²) in [6, 6.07) is 3.00. The molecule has 1 aromatic carbocycles. The van der Waals surface area contributed by atoms with Crippen LogP contribution in [0.1, 0.15) is 12.5 Å². The van der Waals surface area contributed by atoms with Crippen LogP contribution in [0.3, 0.4) is 0 Å². The van der Waals surface area contributed by atoms with E-state index in [1.165, 1.54) is 23.6 Å². The van der Waals surface area contributed by atoms with E-state index in [1.54, 1.807) is 18.4 Å². The molecule has 0 amide bonds. The minimum absolute atomic E-state index is 0.112. The van der Waals surface area contributed by atoms with E-state index in [4.69, 9.17) is 16.3 Å². The van der Waals surface area contributed by atoms with Crippen molar-refractivity contribution in [3.05, 3.63) is 34.3 Å². The Bertz CT molecular complexity index is 700. The number of anilines is 1. The Kier molecular flexibility index (Phi) is 4.52. The first kappa shape index (κ1) is 15.1. The molecule has 20 heavy (non-hydrogen) atoms. The molecule has 0 aliphatic rings. The van der Waals surface area contributed by atoms with Crippen molar-refractivity contribution < 1.29 is 13.2 Å². The van der Waals surface area contributed by atoms with Gasteiger partial charge in [0.15, 0.2) is 5.13 Å². The molecule has 0 saturated heterocycles. The number of rotatable bonds is 5. The third-order valence-corrected chi connectivity index (χ3v) is 5.07. The largest absolute Gasteiger partial charge is 0.492 e. The summed E-state index contributed by atoms with van der Waals surface area (Å²) < 4.78 is 32.3. The van der Waals surface area contributed by atoms with Crippen molar-refractivity contribution in [2.24, 2.45) is 0 Å². The van der Waals surface area contributed by atoms with Gasteiger partial charge in [0.1, 0.15) is 5.75 Å². The van der Waals surface area contributed by atoms with Crippen LogP contribution in [0.2, 0.25) is 5.02 Å². The van der Waals surface area contributed by atoms with Crippen LogP contribution in [0.4, 0.5) is 5.13 Å². The number of thiazole rings is 1. The molecule has 0 saturated carbocycles. The molecule has 0 aliphatic heterocycles. The van der Waals surface area contributed by atoms with Crippen molar-refractivity contribution in [2.75, 3.05) is 11.3 Å². The highest BCUT2D eigenvalue weighted by Gasteiger charge is 2.20. The molecule has 0 unspecified atom stereocenters. The predicted octanol–water partition coefficient (Wildman–Crippen LogP) is 3.30. The molecule has 1 N–H and O–H groups in total. The Morgan fingerprint density at radius 1 is 1.45 bits per heavy atom. The lowest BCUT2D eigenvalue weighted by Gasteiger charge is -2.12. The van der Waals surface area contributed by atoms with Gasteiger partial charge in [-0.3, -0.25) is 4.72 Å². The fourth-order valence-corrected chi connectivity index (χ4v) is 3.96. The first-order valence-electron chi connectivity index (χ1n) is 5.79. The van der Waals surface area contributed by atoms with Crippen LogP contribution < -0.4 is 9.46 Å². The quantitative estimate of drug-likeness (QED) is 0.912. The maximum atomic E-state index is 12.3. The Morgan fingerprint density at radius 3 is 2.80 bits per heavy atom. The molecule has 0 radical (unpaired) electrons. The van der Waals surface area contributed by atoms with Crippen LogP contribution in [-0.4, -0.2) is 20.0 Å². The van der Waals surface area contributed by atoms with Gasteiger partial charge in [-0.05, 0) is 31.5 Å². The lowest BCUT2D eigenvalue weighted by molar-refractivity contribution is 0.340. The van der Waals surface area contributed by atoms with Crippen molar-refractivity contribution in [3.63, 3.8) is 0 Å². The second kappa shape index (κ2) is 5.99. The topological polar surface area (TPSA) is 68.3 Å². The monoisotopic (exact) mass is 332 g/mol. The fraction of sp³-hybridized carbons (Fsp3) is 0.250. The SMILES string of the molecule is CCOc1cc(C)c(S(=O)(=O)Nc2nccs2)cc1Cl. The molecular formula is C12H13ClN2O3S2. The van der Waals surface area contributed by atoms with E-state index < -0.39 is 10.0 Å². The smallest absolute Gasteiger partial charge is 0.263 e. The molecule has 0 spiro atoms. The minimum atomic E-state index is -3.71. The van der Waals surface area contributed by atoms with Crippen molar-refractivity contribution in [1.29, 1.82) is 0 Å². The lowest BCUT2D eigenvalue weighted by Crippen LogP contribution is -2.14. The van der Waals surface area contributed by atoms with Crippen LogP contribution >= 0.6 is 22.9 Å². The molecule has 0 atom stereocenters.